The molecule has 0 amide bonds. The zero-order valence-electron chi connectivity index (χ0n) is 6.85. The molecule has 0 saturated heterocycles. The molecule has 0 aromatic carbocycles. The number of hydrogen-bond acceptors (Lipinski definition) is 1. The predicted octanol–water partition coefficient (Wildman–Crippen LogP) is 2.65. The van der Waals surface area contributed by atoms with Gasteiger partial charge in [-0.3, -0.25) is 4.79 Å². The van der Waals surface area contributed by atoms with E-state index in [1.807, 2.05) is 6.92 Å². The summed E-state index contributed by atoms with van der Waals surface area (Å²) in [5.74, 6) is -0.705. The standard InChI is InChI=1S/C8H15ClO2/c1-7(9)5-3-2-4-6-8(10)11/h7H,2-6H2,1H3,(H,10,11). The summed E-state index contributed by atoms with van der Waals surface area (Å²) in [6.45, 7) is 1.96. The van der Waals surface area contributed by atoms with Crippen LogP contribution in [0, 0.1) is 0 Å². The smallest absolute Gasteiger partial charge is 0.303 e. The van der Waals surface area contributed by atoms with Gasteiger partial charge < -0.3 is 5.11 Å². The molecule has 0 aliphatic heterocycles. The van der Waals surface area contributed by atoms with Crippen LogP contribution < -0.4 is 0 Å². The number of carboxylic acid groups (broad SMARTS) is 1. The van der Waals surface area contributed by atoms with Crippen LogP contribution in [-0.2, 0) is 4.79 Å². The van der Waals surface area contributed by atoms with Crippen LogP contribution in [0.25, 0.3) is 0 Å². The highest BCUT2D eigenvalue weighted by Crippen LogP contribution is 2.08. The van der Waals surface area contributed by atoms with Crippen molar-refractivity contribution in [1.82, 2.24) is 0 Å². The van der Waals surface area contributed by atoms with Gasteiger partial charge in [0.05, 0.1) is 0 Å². The van der Waals surface area contributed by atoms with E-state index in [1.165, 1.54) is 0 Å². The van der Waals surface area contributed by atoms with Gasteiger partial charge in [-0.15, -0.1) is 11.6 Å². The fourth-order valence-corrected chi connectivity index (χ4v) is 1.03. The predicted molar refractivity (Wildman–Crippen MR) is 46.0 cm³/mol. The molecule has 0 aromatic rings. The molecule has 0 heterocycles. The number of carbonyl (C=O) groups is 1. The third-order valence-electron chi connectivity index (χ3n) is 1.49. The summed E-state index contributed by atoms with van der Waals surface area (Å²) in [6, 6.07) is 0. The van der Waals surface area contributed by atoms with Gasteiger partial charge in [0.1, 0.15) is 0 Å². The van der Waals surface area contributed by atoms with Gasteiger partial charge in [-0.05, 0) is 19.8 Å². The Morgan fingerprint density at radius 2 is 2.09 bits per heavy atom. The van der Waals surface area contributed by atoms with Gasteiger partial charge in [0.25, 0.3) is 0 Å². The van der Waals surface area contributed by atoms with Gasteiger partial charge in [0.2, 0.25) is 0 Å². The maximum atomic E-state index is 10.1. The number of hydrogen-bond donors (Lipinski definition) is 1. The van der Waals surface area contributed by atoms with Gasteiger partial charge in [-0.25, -0.2) is 0 Å². The molecule has 66 valence electrons. The minimum Gasteiger partial charge on any atom is -0.481 e. The van der Waals surface area contributed by atoms with E-state index in [2.05, 4.69) is 0 Å². The van der Waals surface area contributed by atoms with Crippen LogP contribution in [0.1, 0.15) is 39.0 Å². The van der Waals surface area contributed by atoms with Crippen molar-refractivity contribution < 1.29 is 9.90 Å². The van der Waals surface area contributed by atoms with E-state index >= 15 is 0 Å². The lowest BCUT2D eigenvalue weighted by Crippen LogP contribution is -1.95. The molecule has 2 nitrogen and oxygen atoms in total. The van der Waals surface area contributed by atoms with Crippen molar-refractivity contribution in [1.29, 1.82) is 0 Å². The summed E-state index contributed by atoms with van der Waals surface area (Å²) in [5, 5.41) is 8.52. The molecule has 1 atom stereocenters. The zero-order chi connectivity index (χ0) is 8.69. The van der Waals surface area contributed by atoms with Gasteiger partial charge in [-0.2, -0.15) is 0 Å². The number of rotatable bonds is 6. The Bertz CT molecular complexity index is 113. The average molecular weight is 179 g/mol. The molecule has 0 aliphatic carbocycles. The third kappa shape index (κ3) is 9.76. The Hall–Kier alpha value is -0.240. The lowest BCUT2D eigenvalue weighted by molar-refractivity contribution is -0.137. The molecule has 0 rings (SSSR count). The van der Waals surface area contributed by atoms with Gasteiger partial charge in [-0.1, -0.05) is 12.8 Å². The van der Waals surface area contributed by atoms with Crippen molar-refractivity contribution in [3.8, 4) is 0 Å². The van der Waals surface area contributed by atoms with Crippen LogP contribution in [0.3, 0.4) is 0 Å². The van der Waals surface area contributed by atoms with Crippen LogP contribution in [0.5, 0.6) is 0 Å². The first-order chi connectivity index (χ1) is 5.13. The Balaban J connectivity index is 2.97. The second-order valence-corrected chi connectivity index (χ2v) is 3.52. The SMILES string of the molecule is CC(Cl)CCCCCC(=O)O. The number of aliphatic carboxylic acids is 1. The minimum absolute atomic E-state index is 0.222. The molecular formula is C8H15ClO2. The number of unbranched alkanes of at least 4 members (excludes halogenated alkanes) is 2. The molecule has 3 heteroatoms. The maximum Gasteiger partial charge on any atom is 0.303 e. The van der Waals surface area contributed by atoms with Crippen molar-refractivity contribution >= 4 is 17.6 Å². The van der Waals surface area contributed by atoms with Gasteiger partial charge >= 0.3 is 5.97 Å². The fourth-order valence-electron chi connectivity index (χ4n) is 0.879. The highest BCUT2D eigenvalue weighted by molar-refractivity contribution is 6.20. The number of carboxylic acids is 1. The van der Waals surface area contributed by atoms with Gasteiger partial charge in [0, 0.05) is 11.8 Å². The largest absolute Gasteiger partial charge is 0.481 e. The summed E-state index contributed by atoms with van der Waals surface area (Å²) in [4.78, 5) is 10.1. The molecule has 0 spiro atoms. The van der Waals surface area contributed by atoms with E-state index in [9.17, 15) is 4.79 Å². The first-order valence-corrected chi connectivity index (χ1v) is 4.42. The lowest BCUT2D eigenvalue weighted by Gasteiger charge is -2.00. The van der Waals surface area contributed by atoms with Crippen molar-refractivity contribution in [2.75, 3.05) is 0 Å². The Kier molecular flexibility index (Phi) is 6.33. The average Bonchev–Trinajstić information content (AvgIpc) is 1.85. The Morgan fingerprint density at radius 1 is 1.45 bits per heavy atom. The Labute approximate surface area is 72.6 Å². The van der Waals surface area contributed by atoms with Crippen LogP contribution in [0.4, 0.5) is 0 Å². The molecule has 0 bridgehead atoms. The van der Waals surface area contributed by atoms with Crippen molar-refractivity contribution in [3.05, 3.63) is 0 Å². The van der Waals surface area contributed by atoms with E-state index in [0.29, 0.717) is 0 Å². The van der Waals surface area contributed by atoms with Crippen molar-refractivity contribution in [2.24, 2.45) is 0 Å². The molecular weight excluding hydrogens is 164 g/mol. The summed E-state index contributed by atoms with van der Waals surface area (Å²) in [7, 11) is 0. The highest BCUT2D eigenvalue weighted by atomic mass is 35.5. The zero-order valence-corrected chi connectivity index (χ0v) is 7.60. The molecule has 1 unspecified atom stereocenters. The summed E-state index contributed by atoms with van der Waals surface area (Å²) < 4.78 is 0. The van der Waals surface area contributed by atoms with E-state index in [0.717, 1.165) is 25.7 Å². The quantitative estimate of drug-likeness (QED) is 0.502. The van der Waals surface area contributed by atoms with Gasteiger partial charge in [0.15, 0.2) is 0 Å². The second-order valence-electron chi connectivity index (χ2n) is 2.77. The van der Waals surface area contributed by atoms with Crippen molar-refractivity contribution in [3.63, 3.8) is 0 Å². The Morgan fingerprint density at radius 3 is 2.55 bits per heavy atom. The highest BCUT2D eigenvalue weighted by Gasteiger charge is 1.98. The van der Waals surface area contributed by atoms with E-state index < -0.39 is 5.97 Å². The van der Waals surface area contributed by atoms with Crippen LogP contribution in [-0.4, -0.2) is 16.5 Å². The third-order valence-corrected chi connectivity index (χ3v) is 1.71. The summed E-state index contributed by atoms with van der Waals surface area (Å²) in [6.07, 6.45) is 4.07. The maximum absolute atomic E-state index is 10.1. The molecule has 0 aliphatic rings. The molecule has 0 fully saturated rings. The van der Waals surface area contributed by atoms with E-state index in [1.54, 1.807) is 0 Å². The fraction of sp³-hybridized carbons (Fsp3) is 0.875. The molecule has 0 saturated carbocycles. The molecule has 0 radical (unpaired) electrons. The van der Waals surface area contributed by atoms with E-state index in [-0.39, 0.29) is 11.8 Å². The van der Waals surface area contributed by atoms with E-state index in [4.69, 9.17) is 16.7 Å². The molecule has 11 heavy (non-hydrogen) atoms. The first kappa shape index (κ1) is 10.8. The monoisotopic (exact) mass is 178 g/mol. The molecule has 1 N–H and O–H groups in total. The number of alkyl halides is 1. The second kappa shape index (κ2) is 6.47. The molecule has 0 aromatic heterocycles. The van der Waals surface area contributed by atoms with Crippen molar-refractivity contribution in [2.45, 2.75) is 44.4 Å². The summed E-state index contributed by atoms with van der Waals surface area (Å²) in [5.41, 5.74) is 0. The normalized spacial score (nSPS) is 12.9. The van der Waals surface area contributed by atoms with Crippen LogP contribution in [0.15, 0.2) is 0 Å². The lowest BCUT2D eigenvalue weighted by atomic mass is 10.1. The first-order valence-electron chi connectivity index (χ1n) is 3.99. The van der Waals surface area contributed by atoms with Crippen LogP contribution in [0.2, 0.25) is 0 Å². The summed E-state index contributed by atoms with van der Waals surface area (Å²) >= 11 is 5.70. The van der Waals surface area contributed by atoms with Crippen LogP contribution >= 0.6 is 11.6 Å². The topological polar surface area (TPSA) is 37.3 Å². The minimum atomic E-state index is -0.705. The number of halogens is 1.